The molecule has 2 heterocycles. The molecule has 1 aromatic heterocycles. The van der Waals surface area contributed by atoms with Crippen molar-refractivity contribution in [2.75, 3.05) is 23.7 Å². The second-order valence-corrected chi connectivity index (χ2v) is 6.94. The molecule has 1 aliphatic rings. The first-order valence-electron chi connectivity index (χ1n) is 7.44. The first-order valence-corrected chi connectivity index (χ1v) is 7.44. The summed E-state index contributed by atoms with van der Waals surface area (Å²) in [4.78, 5) is 0. The second kappa shape index (κ2) is 5.43. The number of anilines is 2. The van der Waals surface area contributed by atoms with Crippen molar-refractivity contribution >= 4 is 11.5 Å². The van der Waals surface area contributed by atoms with Crippen LogP contribution in [0.5, 0.6) is 0 Å². The lowest BCUT2D eigenvalue weighted by atomic mass is 9.84. The van der Waals surface area contributed by atoms with E-state index in [0.29, 0.717) is 11.3 Å². The fourth-order valence-electron chi connectivity index (χ4n) is 2.95. The van der Waals surface area contributed by atoms with Gasteiger partial charge in [-0.1, -0.05) is 34.1 Å². The van der Waals surface area contributed by atoms with Crippen LogP contribution in [0, 0.1) is 11.3 Å². The van der Waals surface area contributed by atoms with Crippen molar-refractivity contribution in [3.05, 3.63) is 5.69 Å². The van der Waals surface area contributed by atoms with E-state index in [1.54, 1.807) is 0 Å². The summed E-state index contributed by atoms with van der Waals surface area (Å²) in [5, 5.41) is 11.8. The molecule has 0 saturated heterocycles. The Hall–Kier alpha value is -1.19. The van der Waals surface area contributed by atoms with Gasteiger partial charge in [-0.15, -0.1) is 0 Å². The highest BCUT2D eigenvalue weighted by Gasteiger charge is 2.24. The van der Waals surface area contributed by atoms with Gasteiger partial charge in [0.2, 0.25) is 0 Å². The zero-order valence-corrected chi connectivity index (χ0v) is 13.0. The highest BCUT2D eigenvalue weighted by molar-refractivity contribution is 5.69. The van der Waals surface area contributed by atoms with Crippen molar-refractivity contribution in [1.82, 2.24) is 9.78 Å². The third-order valence-corrected chi connectivity index (χ3v) is 3.63. The standard InChI is InChI=1S/C15H28N4/c1-6-7-12-13-14(19(5)18-12)17-10-11(9-16-13)8-15(2,3)4/h11,16-17H,6-10H2,1-5H3. The number of fused-ring (bicyclic) bond motifs is 1. The van der Waals surface area contributed by atoms with E-state index < -0.39 is 0 Å². The van der Waals surface area contributed by atoms with Crippen LogP contribution in [0.3, 0.4) is 0 Å². The maximum Gasteiger partial charge on any atom is 0.148 e. The van der Waals surface area contributed by atoms with E-state index in [1.165, 1.54) is 17.8 Å². The fourth-order valence-corrected chi connectivity index (χ4v) is 2.95. The number of nitrogens with zero attached hydrogens (tertiary/aromatic N) is 2. The largest absolute Gasteiger partial charge is 0.380 e. The molecule has 19 heavy (non-hydrogen) atoms. The molecular formula is C15H28N4. The molecular weight excluding hydrogens is 236 g/mol. The van der Waals surface area contributed by atoms with Crippen LogP contribution in [0.4, 0.5) is 11.5 Å². The molecule has 0 aliphatic carbocycles. The molecule has 0 fully saturated rings. The summed E-state index contributed by atoms with van der Waals surface area (Å²) in [5.74, 6) is 1.82. The molecule has 2 rings (SSSR count). The van der Waals surface area contributed by atoms with E-state index in [4.69, 9.17) is 0 Å². The van der Waals surface area contributed by atoms with Crippen LogP contribution in [0.15, 0.2) is 0 Å². The highest BCUT2D eigenvalue weighted by atomic mass is 15.3. The predicted molar refractivity (Wildman–Crippen MR) is 81.7 cm³/mol. The molecule has 0 bridgehead atoms. The Labute approximate surface area is 117 Å². The van der Waals surface area contributed by atoms with Crippen LogP contribution in [0.1, 0.15) is 46.2 Å². The predicted octanol–water partition coefficient (Wildman–Crippen LogP) is 3.26. The first kappa shape index (κ1) is 14.2. The summed E-state index contributed by atoms with van der Waals surface area (Å²) >= 11 is 0. The molecule has 108 valence electrons. The van der Waals surface area contributed by atoms with E-state index in [0.717, 1.165) is 31.7 Å². The van der Waals surface area contributed by atoms with E-state index in [-0.39, 0.29) is 0 Å². The average Bonchev–Trinajstić information content (AvgIpc) is 2.46. The number of aromatic nitrogens is 2. The Morgan fingerprint density at radius 1 is 1.26 bits per heavy atom. The third-order valence-electron chi connectivity index (χ3n) is 3.63. The smallest absolute Gasteiger partial charge is 0.148 e. The molecule has 0 aromatic carbocycles. The van der Waals surface area contributed by atoms with Crippen molar-refractivity contribution in [2.24, 2.45) is 18.4 Å². The lowest BCUT2D eigenvalue weighted by Gasteiger charge is -2.25. The van der Waals surface area contributed by atoms with Crippen LogP contribution < -0.4 is 10.6 Å². The molecule has 1 aliphatic heterocycles. The quantitative estimate of drug-likeness (QED) is 0.880. The second-order valence-electron chi connectivity index (χ2n) is 6.94. The SMILES string of the molecule is CCCc1nn(C)c2c1NCC(CC(C)(C)C)CN2. The number of hydrogen-bond donors (Lipinski definition) is 2. The van der Waals surface area contributed by atoms with Crippen LogP contribution in [0.25, 0.3) is 0 Å². The van der Waals surface area contributed by atoms with E-state index in [1.807, 2.05) is 11.7 Å². The Morgan fingerprint density at radius 2 is 1.95 bits per heavy atom. The van der Waals surface area contributed by atoms with Crippen molar-refractivity contribution in [3.8, 4) is 0 Å². The normalized spacial score (nSPS) is 19.3. The fraction of sp³-hybridized carbons (Fsp3) is 0.800. The van der Waals surface area contributed by atoms with Crippen molar-refractivity contribution < 1.29 is 0 Å². The lowest BCUT2D eigenvalue weighted by molar-refractivity contribution is 0.310. The molecule has 0 radical (unpaired) electrons. The topological polar surface area (TPSA) is 41.9 Å². The van der Waals surface area contributed by atoms with Crippen molar-refractivity contribution in [1.29, 1.82) is 0 Å². The van der Waals surface area contributed by atoms with Gasteiger partial charge in [0.25, 0.3) is 0 Å². The summed E-state index contributed by atoms with van der Waals surface area (Å²) in [7, 11) is 2.02. The lowest BCUT2D eigenvalue weighted by Crippen LogP contribution is -2.25. The van der Waals surface area contributed by atoms with Gasteiger partial charge in [0.05, 0.1) is 5.69 Å². The summed E-state index contributed by atoms with van der Waals surface area (Å²) in [6.07, 6.45) is 3.41. The molecule has 0 amide bonds. The summed E-state index contributed by atoms with van der Waals surface area (Å²) in [6, 6.07) is 0. The first-order chi connectivity index (χ1) is 8.90. The third kappa shape index (κ3) is 3.43. The van der Waals surface area contributed by atoms with Crippen LogP contribution in [-0.4, -0.2) is 22.9 Å². The Bertz CT molecular complexity index is 428. The van der Waals surface area contributed by atoms with Crippen LogP contribution in [-0.2, 0) is 13.5 Å². The molecule has 4 heteroatoms. The minimum atomic E-state index is 0.384. The average molecular weight is 264 g/mol. The Balaban J connectivity index is 2.11. The van der Waals surface area contributed by atoms with Gasteiger partial charge < -0.3 is 10.6 Å². The Morgan fingerprint density at radius 3 is 2.58 bits per heavy atom. The van der Waals surface area contributed by atoms with Crippen LogP contribution >= 0.6 is 0 Å². The summed E-state index contributed by atoms with van der Waals surface area (Å²) < 4.78 is 1.98. The maximum atomic E-state index is 4.61. The van der Waals surface area contributed by atoms with Gasteiger partial charge in [0.15, 0.2) is 0 Å². The summed E-state index contributed by atoms with van der Waals surface area (Å²) in [6.45, 7) is 11.2. The highest BCUT2D eigenvalue weighted by Crippen LogP contribution is 2.32. The molecule has 4 nitrogen and oxygen atoms in total. The van der Waals surface area contributed by atoms with E-state index >= 15 is 0 Å². The van der Waals surface area contributed by atoms with Gasteiger partial charge in [-0.2, -0.15) is 5.10 Å². The van der Waals surface area contributed by atoms with Gasteiger partial charge >= 0.3 is 0 Å². The van der Waals surface area contributed by atoms with Gasteiger partial charge in [-0.05, 0) is 24.2 Å². The zero-order chi connectivity index (χ0) is 14.0. The minimum Gasteiger partial charge on any atom is -0.380 e. The Kier molecular flexibility index (Phi) is 4.07. The zero-order valence-electron chi connectivity index (χ0n) is 13.0. The van der Waals surface area contributed by atoms with Gasteiger partial charge in [0.1, 0.15) is 11.5 Å². The number of nitrogens with one attached hydrogen (secondary N) is 2. The van der Waals surface area contributed by atoms with Gasteiger partial charge in [0, 0.05) is 20.1 Å². The van der Waals surface area contributed by atoms with E-state index in [9.17, 15) is 0 Å². The number of aryl methyl sites for hydroxylation is 2. The molecule has 2 N–H and O–H groups in total. The number of hydrogen-bond acceptors (Lipinski definition) is 3. The van der Waals surface area contributed by atoms with Crippen LogP contribution in [0.2, 0.25) is 0 Å². The van der Waals surface area contributed by atoms with Gasteiger partial charge in [-0.25, -0.2) is 0 Å². The molecule has 1 unspecified atom stereocenters. The van der Waals surface area contributed by atoms with Crippen molar-refractivity contribution in [2.45, 2.75) is 47.0 Å². The monoisotopic (exact) mass is 264 g/mol. The summed E-state index contributed by atoms with van der Waals surface area (Å²) in [5.41, 5.74) is 2.80. The molecule has 0 spiro atoms. The molecule has 0 saturated carbocycles. The van der Waals surface area contributed by atoms with Gasteiger partial charge in [-0.3, -0.25) is 4.68 Å². The molecule has 1 aromatic rings. The maximum absolute atomic E-state index is 4.61. The van der Waals surface area contributed by atoms with Crippen molar-refractivity contribution in [3.63, 3.8) is 0 Å². The number of rotatable bonds is 3. The minimum absolute atomic E-state index is 0.384. The molecule has 1 atom stereocenters. The van der Waals surface area contributed by atoms with E-state index in [2.05, 4.69) is 43.4 Å².